The Kier molecular flexibility index (Phi) is 2.67. The van der Waals surface area contributed by atoms with Crippen LogP contribution in [0.4, 0.5) is 0 Å². The monoisotopic (exact) mass is 244 g/mol. The van der Waals surface area contributed by atoms with Crippen LogP contribution in [0, 0.1) is 5.41 Å². The summed E-state index contributed by atoms with van der Waals surface area (Å²) in [7, 11) is 0. The highest BCUT2D eigenvalue weighted by Crippen LogP contribution is 2.31. The van der Waals surface area contributed by atoms with Gasteiger partial charge in [0.1, 0.15) is 0 Å². The van der Waals surface area contributed by atoms with Crippen molar-refractivity contribution in [3.63, 3.8) is 0 Å². The molecule has 1 aromatic heterocycles. The van der Waals surface area contributed by atoms with Gasteiger partial charge in [-0.3, -0.25) is 4.68 Å². The van der Waals surface area contributed by atoms with Crippen LogP contribution in [0.3, 0.4) is 0 Å². The Morgan fingerprint density at radius 3 is 2.61 bits per heavy atom. The van der Waals surface area contributed by atoms with Crippen molar-refractivity contribution in [2.45, 2.75) is 33.2 Å². The largest absolute Gasteiger partial charge is 0.380 e. The maximum atomic E-state index is 5.30. The third-order valence-electron chi connectivity index (χ3n) is 3.34. The first-order valence-electron chi connectivity index (χ1n) is 6.58. The van der Waals surface area contributed by atoms with E-state index in [0.717, 1.165) is 19.8 Å². The summed E-state index contributed by atoms with van der Waals surface area (Å²) in [5.74, 6) is 0.483. The van der Waals surface area contributed by atoms with E-state index in [1.54, 1.807) is 0 Å². The van der Waals surface area contributed by atoms with Crippen molar-refractivity contribution in [3.8, 4) is 0 Å². The predicted octanol–water partition coefficient (Wildman–Crippen LogP) is 3.20. The summed E-state index contributed by atoms with van der Waals surface area (Å²) in [6.07, 6.45) is 0. The van der Waals surface area contributed by atoms with Gasteiger partial charge in [0.05, 0.1) is 30.3 Å². The maximum Gasteiger partial charge on any atom is 0.0780 e. The summed E-state index contributed by atoms with van der Waals surface area (Å²) in [6.45, 7) is 9.31. The van der Waals surface area contributed by atoms with E-state index in [4.69, 9.17) is 9.84 Å². The van der Waals surface area contributed by atoms with Crippen molar-refractivity contribution in [2.75, 3.05) is 13.2 Å². The smallest absolute Gasteiger partial charge is 0.0780 e. The fourth-order valence-electron chi connectivity index (χ4n) is 2.42. The van der Waals surface area contributed by atoms with Gasteiger partial charge in [0.25, 0.3) is 0 Å². The van der Waals surface area contributed by atoms with Gasteiger partial charge >= 0.3 is 0 Å². The summed E-state index contributed by atoms with van der Waals surface area (Å²) >= 11 is 0. The number of aromatic nitrogens is 2. The second-order valence-electron chi connectivity index (χ2n) is 6.36. The van der Waals surface area contributed by atoms with Crippen molar-refractivity contribution in [1.29, 1.82) is 0 Å². The Hall–Kier alpha value is -1.35. The Balaban J connectivity index is 2.08. The van der Waals surface area contributed by atoms with Gasteiger partial charge in [-0.2, -0.15) is 5.10 Å². The molecule has 18 heavy (non-hydrogen) atoms. The lowest BCUT2D eigenvalue weighted by Gasteiger charge is -2.24. The molecule has 0 saturated carbocycles. The van der Waals surface area contributed by atoms with E-state index in [1.807, 2.05) is 0 Å². The molecule has 0 amide bonds. The second-order valence-corrected chi connectivity index (χ2v) is 6.36. The van der Waals surface area contributed by atoms with E-state index in [9.17, 15) is 0 Å². The number of hydrogen-bond acceptors (Lipinski definition) is 2. The summed E-state index contributed by atoms with van der Waals surface area (Å²) in [6, 6.07) is 8.52. The molecule has 2 aromatic rings. The highest BCUT2D eigenvalue weighted by Gasteiger charge is 2.27. The lowest BCUT2D eigenvalue weighted by atomic mass is 9.97. The van der Waals surface area contributed by atoms with E-state index in [0.29, 0.717) is 5.92 Å². The molecule has 0 unspecified atom stereocenters. The van der Waals surface area contributed by atoms with Crippen LogP contribution in [-0.4, -0.2) is 23.0 Å². The number of rotatable bonds is 2. The molecule has 3 heteroatoms. The van der Waals surface area contributed by atoms with Crippen LogP contribution in [0.5, 0.6) is 0 Å². The molecule has 96 valence electrons. The number of fused-ring (bicyclic) bond motifs is 1. The van der Waals surface area contributed by atoms with Gasteiger partial charge < -0.3 is 4.74 Å². The number of hydrogen-bond donors (Lipinski definition) is 0. The van der Waals surface area contributed by atoms with Crippen LogP contribution in [0.15, 0.2) is 24.3 Å². The third kappa shape index (κ3) is 2.03. The summed E-state index contributed by atoms with van der Waals surface area (Å²) in [4.78, 5) is 0. The van der Waals surface area contributed by atoms with Crippen molar-refractivity contribution in [2.24, 2.45) is 5.41 Å². The van der Waals surface area contributed by atoms with Crippen molar-refractivity contribution < 1.29 is 4.74 Å². The Morgan fingerprint density at radius 2 is 2.00 bits per heavy atom. The lowest BCUT2D eigenvalue weighted by molar-refractivity contribution is 0.00694. The summed E-state index contributed by atoms with van der Waals surface area (Å²) in [5, 5.41) is 6.12. The number of nitrogens with zero attached hydrogens (tertiary/aromatic N) is 2. The van der Waals surface area contributed by atoms with Gasteiger partial charge in [0.2, 0.25) is 0 Å². The normalized spacial score (nSPS) is 17.1. The molecule has 3 rings (SSSR count). The predicted molar refractivity (Wildman–Crippen MR) is 72.7 cm³/mol. The fourth-order valence-corrected chi connectivity index (χ4v) is 2.42. The molecule has 1 fully saturated rings. The molecule has 0 bridgehead atoms. The average molecular weight is 244 g/mol. The van der Waals surface area contributed by atoms with Gasteiger partial charge in [-0.1, -0.05) is 39.0 Å². The highest BCUT2D eigenvalue weighted by molar-refractivity contribution is 5.82. The zero-order valence-electron chi connectivity index (χ0n) is 11.3. The van der Waals surface area contributed by atoms with E-state index >= 15 is 0 Å². The van der Waals surface area contributed by atoms with Gasteiger partial charge in [-0.15, -0.1) is 0 Å². The standard InChI is InChI=1S/C15H20N2O/c1-15(2,3)10-17-13-7-5-4-6-12(13)14(16-17)11-8-18-9-11/h4-7,11H,8-10H2,1-3H3. The second kappa shape index (κ2) is 4.09. The molecule has 0 N–H and O–H groups in total. The fraction of sp³-hybridized carbons (Fsp3) is 0.533. The molecule has 1 aliphatic heterocycles. The Bertz CT molecular complexity index is 561. The van der Waals surface area contributed by atoms with Crippen LogP contribution in [0.1, 0.15) is 32.4 Å². The molecular formula is C15H20N2O. The third-order valence-corrected chi connectivity index (χ3v) is 3.34. The van der Waals surface area contributed by atoms with Crippen LogP contribution < -0.4 is 0 Å². The first-order valence-corrected chi connectivity index (χ1v) is 6.58. The molecule has 0 spiro atoms. The van der Waals surface area contributed by atoms with Crippen LogP contribution in [0.2, 0.25) is 0 Å². The van der Waals surface area contributed by atoms with E-state index in [-0.39, 0.29) is 5.41 Å². The van der Waals surface area contributed by atoms with Crippen molar-refractivity contribution >= 4 is 10.9 Å². The topological polar surface area (TPSA) is 27.1 Å². The maximum absolute atomic E-state index is 5.30. The minimum Gasteiger partial charge on any atom is -0.380 e. The van der Waals surface area contributed by atoms with Gasteiger partial charge in [-0.05, 0) is 11.5 Å². The molecular weight excluding hydrogens is 224 g/mol. The van der Waals surface area contributed by atoms with E-state index < -0.39 is 0 Å². The zero-order valence-corrected chi connectivity index (χ0v) is 11.3. The van der Waals surface area contributed by atoms with Gasteiger partial charge in [0, 0.05) is 11.9 Å². The zero-order chi connectivity index (χ0) is 12.8. The number of para-hydroxylation sites is 1. The average Bonchev–Trinajstić information content (AvgIpc) is 2.54. The van der Waals surface area contributed by atoms with Crippen molar-refractivity contribution in [1.82, 2.24) is 9.78 Å². The lowest BCUT2D eigenvalue weighted by Crippen LogP contribution is -2.26. The van der Waals surface area contributed by atoms with E-state index in [1.165, 1.54) is 16.6 Å². The molecule has 2 heterocycles. The quantitative estimate of drug-likeness (QED) is 0.811. The Morgan fingerprint density at radius 1 is 1.28 bits per heavy atom. The van der Waals surface area contributed by atoms with Crippen LogP contribution in [0.25, 0.3) is 10.9 Å². The minimum absolute atomic E-state index is 0.238. The summed E-state index contributed by atoms with van der Waals surface area (Å²) in [5.41, 5.74) is 2.69. The first kappa shape index (κ1) is 11.7. The molecule has 0 radical (unpaired) electrons. The van der Waals surface area contributed by atoms with Gasteiger partial charge in [0.15, 0.2) is 0 Å². The number of ether oxygens (including phenoxy) is 1. The molecule has 3 nitrogen and oxygen atoms in total. The molecule has 0 aliphatic carbocycles. The van der Waals surface area contributed by atoms with Crippen LogP contribution in [-0.2, 0) is 11.3 Å². The number of benzene rings is 1. The molecule has 1 saturated heterocycles. The van der Waals surface area contributed by atoms with Crippen molar-refractivity contribution in [3.05, 3.63) is 30.0 Å². The molecule has 0 atom stereocenters. The summed E-state index contributed by atoms with van der Waals surface area (Å²) < 4.78 is 7.45. The molecule has 1 aliphatic rings. The SMILES string of the molecule is CC(C)(C)Cn1nc(C2COC2)c2ccccc21. The first-order chi connectivity index (χ1) is 8.54. The molecule has 1 aromatic carbocycles. The van der Waals surface area contributed by atoms with E-state index in [2.05, 4.69) is 49.7 Å². The Labute approximate surface area is 108 Å². The minimum atomic E-state index is 0.238. The highest BCUT2D eigenvalue weighted by atomic mass is 16.5. The van der Waals surface area contributed by atoms with Gasteiger partial charge in [-0.25, -0.2) is 0 Å². The van der Waals surface area contributed by atoms with Crippen LogP contribution >= 0.6 is 0 Å².